The summed E-state index contributed by atoms with van der Waals surface area (Å²) < 4.78 is 11.2. The highest BCUT2D eigenvalue weighted by Gasteiger charge is 2.28. The van der Waals surface area contributed by atoms with Crippen molar-refractivity contribution in [2.75, 3.05) is 57.9 Å². The van der Waals surface area contributed by atoms with Crippen LogP contribution < -0.4 is 14.4 Å². The third-order valence-corrected chi connectivity index (χ3v) is 6.65. The Morgan fingerprint density at radius 1 is 1.00 bits per heavy atom. The molecule has 2 aromatic carbocycles. The van der Waals surface area contributed by atoms with Crippen molar-refractivity contribution in [3.8, 4) is 11.5 Å². The van der Waals surface area contributed by atoms with E-state index in [9.17, 15) is 0 Å². The van der Waals surface area contributed by atoms with E-state index in [2.05, 4.69) is 39.0 Å². The Bertz CT molecular complexity index is 854. The number of methoxy groups -OCH3 is 1. The van der Waals surface area contributed by atoms with Crippen LogP contribution in [0.1, 0.15) is 25.3 Å². The molecule has 0 aliphatic carbocycles. The lowest BCUT2D eigenvalue weighted by molar-refractivity contribution is 0.0887. The monoisotopic (exact) mass is 443 g/mol. The quantitative estimate of drug-likeness (QED) is 0.626. The SMILES string of the molecule is CCOc1cc(CN2CCC[C@@H](N3CCN(c4cccc(Cl)c4)CC3)C2)ccc1OC. The van der Waals surface area contributed by atoms with E-state index in [1.165, 1.54) is 24.1 Å². The summed E-state index contributed by atoms with van der Waals surface area (Å²) in [6.45, 7) is 10.3. The summed E-state index contributed by atoms with van der Waals surface area (Å²) in [5, 5.41) is 0.814. The Morgan fingerprint density at radius 3 is 2.58 bits per heavy atom. The number of rotatable bonds is 7. The molecule has 2 fully saturated rings. The first-order valence-electron chi connectivity index (χ1n) is 11.4. The van der Waals surface area contributed by atoms with Gasteiger partial charge in [-0.15, -0.1) is 0 Å². The lowest BCUT2D eigenvalue weighted by Gasteiger charge is -2.44. The molecule has 0 saturated carbocycles. The predicted molar refractivity (Wildman–Crippen MR) is 128 cm³/mol. The van der Waals surface area contributed by atoms with Crippen molar-refractivity contribution in [1.82, 2.24) is 9.80 Å². The second-order valence-electron chi connectivity index (χ2n) is 8.45. The predicted octanol–water partition coefficient (Wildman–Crippen LogP) is 4.53. The Labute approximate surface area is 191 Å². The van der Waals surface area contributed by atoms with Crippen molar-refractivity contribution >= 4 is 17.3 Å². The second kappa shape index (κ2) is 10.6. The van der Waals surface area contributed by atoms with E-state index in [-0.39, 0.29) is 0 Å². The Kier molecular flexibility index (Phi) is 7.59. The standard InChI is InChI=1S/C25H34ClN3O2/c1-3-31-25-16-20(9-10-24(25)30-2)18-27-11-5-8-23(19-27)29-14-12-28(13-15-29)22-7-4-6-21(26)17-22/h4,6-7,9-10,16-17,23H,3,5,8,11-15,18-19H2,1-2H3/t23-/m1/s1. The van der Waals surface area contributed by atoms with Gasteiger partial charge in [-0.3, -0.25) is 9.80 Å². The summed E-state index contributed by atoms with van der Waals surface area (Å²) >= 11 is 6.18. The molecule has 2 saturated heterocycles. The number of ether oxygens (including phenoxy) is 2. The van der Waals surface area contributed by atoms with Gasteiger partial charge in [-0.25, -0.2) is 0 Å². The third-order valence-electron chi connectivity index (χ3n) is 6.42. The van der Waals surface area contributed by atoms with Crippen molar-refractivity contribution in [2.45, 2.75) is 32.4 Å². The summed E-state index contributed by atoms with van der Waals surface area (Å²) in [6, 6.07) is 15.2. The number of halogens is 1. The second-order valence-corrected chi connectivity index (χ2v) is 8.89. The number of likely N-dealkylation sites (tertiary alicyclic amines) is 1. The lowest BCUT2D eigenvalue weighted by atomic mass is 10.0. The van der Waals surface area contributed by atoms with Gasteiger partial charge in [0.15, 0.2) is 11.5 Å². The molecule has 6 heteroatoms. The molecule has 0 N–H and O–H groups in total. The Hall–Kier alpha value is -1.95. The molecule has 2 aliphatic rings. The molecular formula is C25H34ClN3O2. The molecular weight excluding hydrogens is 410 g/mol. The van der Waals surface area contributed by atoms with Crippen LogP contribution in [-0.2, 0) is 6.54 Å². The van der Waals surface area contributed by atoms with E-state index in [4.69, 9.17) is 21.1 Å². The van der Waals surface area contributed by atoms with Crippen molar-refractivity contribution in [1.29, 1.82) is 0 Å². The van der Waals surface area contributed by atoms with Gasteiger partial charge in [0.25, 0.3) is 0 Å². The maximum Gasteiger partial charge on any atom is 0.161 e. The van der Waals surface area contributed by atoms with Crippen molar-refractivity contribution in [2.24, 2.45) is 0 Å². The smallest absolute Gasteiger partial charge is 0.161 e. The van der Waals surface area contributed by atoms with Crippen LogP contribution in [0, 0.1) is 0 Å². The van der Waals surface area contributed by atoms with Gasteiger partial charge in [0, 0.05) is 56.0 Å². The minimum Gasteiger partial charge on any atom is -0.493 e. The van der Waals surface area contributed by atoms with Crippen LogP contribution in [0.4, 0.5) is 5.69 Å². The van der Waals surface area contributed by atoms with Gasteiger partial charge in [0.1, 0.15) is 0 Å². The van der Waals surface area contributed by atoms with Gasteiger partial charge >= 0.3 is 0 Å². The van der Waals surface area contributed by atoms with E-state index in [0.717, 1.165) is 62.3 Å². The molecule has 31 heavy (non-hydrogen) atoms. The maximum atomic E-state index is 6.18. The number of nitrogens with zero attached hydrogens (tertiary/aromatic N) is 3. The van der Waals surface area contributed by atoms with Crippen molar-refractivity contribution in [3.05, 3.63) is 53.1 Å². The van der Waals surface area contributed by atoms with Gasteiger partial charge in [-0.05, 0) is 62.2 Å². The van der Waals surface area contributed by atoms with Crippen LogP contribution in [0.15, 0.2) is 42.5 Å². The fourth-order valence-electron chi connectivity index (χ4n) is 4.84. The molecule has 0 amide bonds. The highest BCUT2D eigenvalue weighted by molar-refractivity contribution is 6.30. The van der Waals surface area contributed by atoms with Crippen LogP contribution in [0.3, 0.4) is 0 Å². The zero-order chi connectivity index (χ0) is 21.6. The van der Waals surface area contributed by atoms with E-state index in [1.54, 1.807) is 7.11 Å². The topological polar surface area (TPSA) is 28.2 Å². The minimum atomic E-state index is 0.639. The molecule has 1 atom stereocenters. The number of piperidine rings is 1. The van der Waals surface area contributed by atoms with Crippen LogP contribution in [-0.4, -0.2) is 68.8 Å². The minimum absolute atomic E-state index is 0.639. The molecule has 0 radical (unpaired) electrons. The van der Waals surface area contributed by atoms with Crippen LogP contribution in [0.25, 0.3) is 0 Å². The molecule has 0 spiro atoms. The number of benzene rings is 2. The molecule has 4 rings (SSSR count). The van der Waals surface area contributed by atoms with E-state index >= 15 is 0 Å². The lowest BCUT2D eigenvalue weighted by Crippen LogP contribution is -2.55. The van der Waals surface area contributed by atoms with Gasteiger partial charge in [0.2, 0.25) is 0 Å². The molecule has 2 aromatic rings. The summed E-state index contributed by atoms with van der Waals surface area (Å²) in [7, 11) is 1.69. The van der Waals surface area contributed by atoms with Gasteiger partial charge < -0.3 is 14.4 Å². The molecule has 2 heterocycles. The summed E-state index contributed by atoms with van der Waals surface area (Å²) in [6.07, 6.45) is 2.55. The highest BCUT2D eigenvalue weighted by atomic mass is 35.5. The number of hydrogen-bond donors (Lipinski definition) is 0. The maximum absolute atomic E-state index is 6.18. The Balaban J connectivity index is 1.32. The largest absolute Gasteiger partial charge is 0.493 e. The zero-order valence-electron chi connectivity index (χ0n) is 18.7. The molecule has 168 valence electrons. The zero-order valence-corrected chi connectivity index (χ0v) is 19.5. The molecule has 0 unspecified atom stereocenters. The first-order chi connectivity index (χ1) is 15.2. The average molecular weight is 444 g/mol. The summed E-state index contributed by atoms with van der Waals surface area (Å²) in [5.41, 5.74) is 2.53. The van der Waals surface area contributed by atoms with Gasteiger partial charge in [-0.2, -0.15) is 0 Å². The van der Waals surface area contributed by atoms with Gasteiger partial charge in [-0.1, -0.05) is 23.7 Å². The van der Waals surface area contributed by atoms with Crippen LogP contribution in [0.2, 0.25) is 5.02 Å². The van der Waals surface area contributed by atoms with E-state index in [1.807, 2.05) is 25.1 Å². The normalized spacial score (nSPS) is 20.6. The molecule has 2 aliphatic heterocycles. The number of piperazine rings is 1. The fraction of sp³-hybridized carbons (Fsp3) is 0.520. The molecule has 5 nitrogen and oxygen atoms in total. The van der Waals surface area contributed by atoms with Gasteiger partial charge in [0.05, 0.1) is 13.7 Å². The van der Waals surface area contributed by atoms with Crippen molar-refractivity contribution < 1.29 is 9.47 Å². The third kappa shape index (κ3) is 5.65. The highest BCUT2D eigenvalue weighted by Crippen LogP contribution is 2.29. The fourth-order valence-corrected chi connectivity index (χ4v) is 5.02. The van der Waals surface area contributed by atoms with E-state index in [0.29, 0.717) is 12.6 Å². The summed E-state index contributed by atoms with van der Waals surface area (Å²) in [5.74, 6) is 1.65. The first-order valence-corrected chi connectivity index (χ1v) is 11.8. The number of anilines is 1. The van der Waals surface area contributed by atoms with Crippen molar-refractivity contribution in [3.63, 3.8) is 0 Å². The molecule has 0 bridgehead atoms. The van der Waals surface area contributed by atoms with E-state index < -0.39 is 0 Å². The molecule has 0 aromatic heterocycles. The Morgan fingerprint density at radius 2 is 1.84 bits per heavy atom. The number of hydrogen-bond acceptors (Lipinski definition) is 5. The van der Waals surface area contributed by atoms with Crippen LogP contribution in [0.5, 0.6) is 11.5 Å². The van der Waals surface area contributed by atoms with Crippen LogP contribution >= 0.6 is 11.6 Å². The summed E-state index contributed by atoms with van der Waals surface area (Å²) in [4.78, 5) is 7.73. The first kappa shape index (κ1) is 22.3. The average Bonchev–Trinajstić information content (AvgIpc) is 2.80.